The van der Waals surface area contributed by atoms with Crippen LogP contribution in [0.3, 0.4) is 0 Å². The summed E-state index contributed by atoms with van der Waals surface area (Å²) in [6.45, 7) is 6.20. The van der Waals surface area contributed by atoms with Crippen molar-refractivity contribution < 1.29 is 9.47 Å². The lowest BCUT2D eigenvalue weighted by atomic mass is 10.0. The molecule has 2 N–H and O–H groups in total. The van der Waals surface area contributed by atoms with Crippen molar-refractivity contribution in [1.82, 2.24) is 10.6 Å². The second kappa shape index (κ2) is 11.7. The highest BCUT2D eigenvalue weighted by Gasteiger charge is 2.13. The van der Waals surface area contributed by atoms with Crippen LogP contribution in [0.4, 0.5) is 0 Å². The Morgan fingerprint density at radius 1 is 1.31 bits per heavy atom. The third-order valence-electron chi connectivity index (χ3n) is 4.47. The number of nitrogens with zero attached hydrogens (tertiary/aromatic N) is 1. The van der Waals surface area contributed by atoms with Crippen molar-refractivity contribution in [2.45, 2.75) is 32.2 Å². The lowest BCUT2D eigenvalue weighted by Gasteiger charge is -2.22. The van der Waals surface area contributed by atoms with E-state index in [1.54, 1.807) is 7.05 Å². The molecule has 5 nitrogen and oxygen atoms in total. The largest absolute Gasteiger partial charge is 0.381 e. The van der Waals surface area contributed by atoms with Gasteiger partial charge in [0.25, 0.3) is 0 Å². The van der Waals surface area contributed by atoms with Gasteiger partial charge in [0.15, 0.2) is 5.96 Å². The average molecular weight is 402 g/mol. The lowest BCUT2D eigenvalue weighted by Crippen LogP contribution is -2.39. The molecule has 1 aliphatic rings. The van der Waals surface area contributed by atoms with Gasteiger partial charge in [-0.1, -0.05) is 29.3 Å². The molecule has 1 heterocycles. The summed E-state index contributed by atoms with van der Waals surface area (Å²) in [6, 6.07) is 5.71. The molecule has 146 valence electrons. The SMILES string of the molecule is CN=C(NCCCOCC1CCOCC1)NC(C)c1ccc(Cl)c(Cl)c1. The van der Waals surface area contributed by atoms with Crippen LogP contribution in [0.25, 0.3) is 0 Å². The van der Waals surface area contributed by atoms with Crippen molar-refractivity contribution in [2.75, 3.05) is 40.0 Å². The monoisotopic (exact) mass is 401 g/mol. The summed E-state index contributed by atoms with van der Waals surface area (Å²) in [6.07, 6.45) is 3.16. The van der Waals surface area contributed by atoms with Crippen LogP contribution < -0.4 is 10.6 Å². The van der Waals surface area contributed by atoms with Crippen molar-refractivity contribution in [3.8, 4) is 0 Å². The topological polar surface area (TPSA) is 54.9 Å². The fraction of sp³-hybridized carbons (Fsp3) is 0.632. The molecule has 1 fully saturated rings. The zero-order valence-corrected chi connectivity index (χ0v) is 17.1. The standard InChI is InChI=1S/C19H29Cl2N3O2/c1-14(16-4-5-17(20)18(21)12-16)24-19(22-2)23-8-3-9-26-13-15-6-10-25-11-7-15/h4-5,12,14-15H,3,6-11,13H2,1-2H3,(H2,22,23,24). The van der Waals surface area contributed by atoms with Crippen molar-refractivity contribution >= 4 is 29.2 Å². The molecule has 1 atom stereocenters. The molecular formula is C19H29Cl2N3O2. The smallest absolute Gasteiger partial charge is 0.191 e. The van der Waals surface area contributed by atoms with E-state index in [4.69, 9.17) is 32.7 Å². The first-order chi connectivity index (χ1) is 12.6. The lowest BCUT2D eigenvalue weighted by molar-refractivity contribution is 0.0203. The minimum atomic E-state index is 0.0701. The van der Waals surface area contributed by atoms with Gasteiger partial charge in [0.1, 0.15) is 0 Å². The number of halogens is 2. The van der Waals surface area contributed by atoms with Crippen LogP contribution in [0.2, 0.25) is 10.0 Å². The third kappa shape index (κ3) is 7.31. The van der Waals surface area contributed by atoms with Crippen LogP contribution in [0.5, 0.6) is 0 Å². The molecule has 1 unspecified atom stereocenters. The first kappa shape index (κ1) is 21.3. The maximum atomic E-state index is 6.09. The molecule has 0 radical (unpaired) electrons. The van der Waals surface area contributed by atoms with E-state index in [2.05, 4.69) is 22.5 Å². The highest BCUT2D eigenvalue weighted by atomic mass is 35.5. The van der Waals surface area contributed by atoms with E-state index in [1.807, 2.05) is 18.2 Å². The molecule has 2 rings (SSSR count). The molecular weight excluding hydrogens is 373 g/mol. The van der Waals surface area contributed by atoms with Crippen molar-refractivity contribution in [3.63, 3.8) is 0 Å². The highest BCUT2D eigenvalue weighted by Crippen LogP contribution is 2.25. The molecule has 0 bridgehead atoms. The van der Waals surface area contributed by atoms with E-state index in [1.165, 1.54) is 0 Å². The average Bonchev–Trinajstić information content (AvgIpc) is 2.66. The predicted molar refractivity (Wildman–Crippen MR) is 108 cm³/mol. The van der Waals surface area contributed by atoms with Gasteiger partial charge in [-0.25, -0.2) is 0 Å². The van der Waals surface area contributed by atoms with E-state index in [-0.39, 0.29) is 6.04 Å². The number of hydrogen-bond donors (Lipinski definition) is 2. The molecule has 0 amide bonds. The van der Waals surface area contributed by atoms with Gasteiger partial charge in [-0.15, -0.1) is 0 Å². The molecule has 26 heavy (non-hydrogen) atoms. The Morgan fingerprint density at radius 3 is 2.77 bits per heavy atom. The van der Waals surface area contributed by atoms with Gasteiger partial charge in [-0.2, -0.15) is 0 Å². The van der Waals surface area contributed by atoms with Crippen LogP contribution in [0.15, 0.2) is 23.2 Å². The number of rotatable bonds is 8. The van der Waals surface area contributed by atoms with Gasteiger partial charge in [-0.3, -0.25) is 4.99 Å². The van der Waals surface area contributed by atoms with Gasteiger partial charge < -0.3 is 20.1 Å². The number of benzene rings is 1. The molecule has 0 spiro atoms. The molecule has 1 aromatic rings. The maximum absolute atomic E-state index is 6.09. The first-order valence-electron chi connectivity index (χ1n) is 9.17. The Hall–Kier alpha value is -1.01. The molecule has 0 aliphatic carbocycles. The molecule has 0 saturated carbocycles. The zero-order valence-electron chi connectivity index (χ0n) is 15.6. The fourth-order valence-electron chi connectivity index (χ4n) is 2.81. The van der Waals surface area contributed by atoms with Crippen LogP contribution in [-0.2, 0) is 9.47 Å². The third-order valence-corrected chi connectivity index (χ3v) is 5.21. The van der Waals surface area contributed by atoms with E-state index in [0.29, 0.717) is 16.0 Å². The second-order valence-electron chi connectivity index (χ2n) is 6.52. The number of guanidine groups is 1. The van der Waals surface area contributed by atoms with Gasteiger partial charge in [0.05, 0.1) is 16.1 Å². The molecule has 1 aliphatic heterocycles. The second-order valence-corrected chi connectivity index (χ2v) is 7.34. The summed E-state index contributed by atoms with van der Waals surface area (Å²) in [5.41, 5.74) is 1.06. The number of ether oxygens (including phenoxy) is 2. The van der Waals surface area contributed by atoms with E-state index < -0.39 is 0 Å². The Balaban J connectivity index is 1.63. The number of aliphatic imine (C=N–C) groups is 1. The zero-order chi connectivity index (χ0) is 18.8. The van der Waals surface area contributed by atoms with E-state index in [0.717, 1.165) is 63.8 Å². The quantitative estimate of drug-likeness (QED) is 0.391. The Kier molecular flexibility index (Phi) is 9.54. The van der Waals surface area contributed by atoms with Crippen molar-refractivity contribution in [3.05, 3.63) is 33.8 Å². The summed E-state index contributed by atoms with van der Waals surface area (Å²) >= 11 is 12.1. The van der Waals surface area contributed by atoms with E-state index in [9.17, 15) is 0 Å². The summed E-state index contributed by atoms with van der Waals surface area (Å²) in [5, 5.41) is 7.79. The number of nitrogens with one attached hydrogen (secondary N) is 2. The van der Waals surface area contributed by atoms with Crippen LogP contribution in [0.1, 0.15) is 37.8 Å². The molecule has 1 aromatic carbocycles. The summed E-state index contributed by atoms with van der Waals surface area (Å²) < 4.78 is 11.1. The molecule has 7 heteroatoms. The molecule has 0 aromatic heterocycles. The van der Waals surface area contributed by atoms with Crippen LogP contribution in [0, 0.1) is 5.92 Å². The predicted octanol–water partition coefficient (Wildman–Crippen LogP) is 4.05. The van der Waals surface area contributed by atoms with Crippen molar-refractivity contribution in [2.24, 2.45) is 10.9 Å². The molecule has 1 saturated heterocycles. The van der Waals surface area contributed by atoms with Gasteiger partial charge >= 0.3 is 0 Å². The highest BCUT2D eigenvalue weighted by molar-refractivity contribution is 6.42. The minimum absolute atomic E-state index is 0.0701. The fourth-order valence-corrected chi connectivity index (χ4v) is 3.12. The van der Waals surface area contributed by atoms with Gasteiger partial charge in [0, 0.05) is 40.0 Å². The summed E-state index contributed by atoms with van der Waals surface area (Å²) in [4.78, 5) is 4.27. The maximum Gasteiger partial charge on any atom is 0.191 e. The van der Waals surface area contributed by atoms with Crippen molar-refractivity contribution in [1.29, 1.82) is 0 Å². The van der Waals surface area contributed by atoms with Crippen LogP contribution in [-0.4, -0.2) is 46.0 Å². The Morgan fingerprint density at radius 2 is 2.08 bits per heavy atom. The van der Waals surface area contributed by atoms with Crippen LogP contribution >= 0.6 is 23.2 Å². The summed E-state index contributed by atoms with van der Waals surface area (Å²) in [7, 11) is 1.76. The normalized spacial score (nSPS) is 17.2. The Bertz CT molecular complexity index is 578. The van der Waals surface area contributed by atoms with E-state index >= 15 is 0 Å². The van der Waals surface area contributed by atoms with Gasteiger partial charge in [-0.05, 0) is 49.8 Å². The van der Waals surface area contributed by atoms with Gasteiger partial charge in [0.2, 0.25) is 0 Å². The summed E-state index contributed by atoms with van der Waals surface area (Å²) in [5.74, 6) is 1.41. The number of hydrogen-bond acceptors (Lipinski definition) is 3. The minimum Gasteiger partial charge on any atom is -0.381 e. The first-order valence-corrected chi connectivity index (χ1v) is 9.93. The Labute approximate surface area is 166 Å².